The van der Waals surface area contributed by atoms with Gasteiger partial charge >= 0.3 is 0 Å². The quantitative estimate of drug-likeness (QED) is 0.346. The van der Waals surface area contributed by atoms with Crippen molar-refractivity contribution in [2.24, 2.45) is 4.99 Å². The molecule has 0 unspecified atom stereocenters. The van der Waals surface area contributed by atoms with Gasteiger partial charge in [0.2, 0.25) is 0 Å². The van der Waals surface area contributed by atoms with Gasteiger partial charge in [-0.1, -0.05) is 30.3 Å². The van der Waals surface area contributed by atoms with E-state index in [1.165, 1.54) is 0 Å². The minimum absolute atomic E-state index is 0.300. The van der Waals surface area contributed by atoms with E-state index in [9.17, 15) is 0 Å². The van der Waals surface area contributed by atoms with Crippen molar-refractivity contribution in [3.8, 4) is 17.1 Å². The molecule has 3 heterocycles. The number of anilines is 2. The Bertz CT molecular complexity index is 1530. The summed E-state index contributed by atoms with van der Waals surface area (Å²) in [4.78, 5) is 17.2. The normalized spacial score (nSPS) is 15.6. The lowest BCUT2D eigenvalue weighted by atomic mass is 10.1. The van der Waals surface area contributed by atoms with Crippen LogP contribution in [0.1, 0.15) is 18.5 Å². The minimum Gasteiger partial charge on any atom is -0.352 e. The summed E-state index contributed by atoms with van der Waals surface area (Å²) in [5.74, 6) is 0. The molecule has 2 aromatic carbocycles. The van der Waals surface area contributed by atoms with Crippen LogP contribution in [0.25, 0.3) is 28.1 Å². The summed E-state index contributed by atoms with van der Waals surface area (Å²) in [6.45, 7) is 4.14. The van der Waals surface area contributed by atoms with Gasteiger partial charge in [0.1, 0.15) is 0 Å². The van der Waals surface area contributed by atoms with E-state index < -0.39 is 0 Å². The number of para-hydroxylation sites is 3. The fourth-order valence-corrected chi connectivity index (χ4v) is 4.92. The Kier molecular flexibility index (Phi) is 5.95. The number of pyridine rings is 1. The van der Waals surface area contributed by atoms with E-state index in [0.717, 1.165) is 76.5 Å². The zero-order chi connectivity index (χ0) is 24.5. The average molecular weight is 475 g/mol. The Balaban J connectivity index is 1.59. The summed E-state index contributed by atoms with van der Waals surface area (Å²) in [5.41, 5.74) is 7.98. The van der Waals surface area contributed by atoms with Crippen LogP contribution in [0, 0.1) is 6.92 Å². The van der Waals surface area contributed by atoms with Crippen LogP contribution in [-0.4, -0.2) is 45.6 Å². The molecule has 6 rings (SSSR count). The van der Waals surface area contributed by atoms with E-state index in [1.807, 2.05) is 31.3 Å². The van der Waals surface area contributed by atoms with E-state index >= 15 is 0 Å². The van der Waals surface area contributed by atoms with Gasteiger partial charge in [-0.15, -0.1) is 0 Å². The van der Waals surface area contributed by atoms with Gasteiger partial charge in [0.15, 0.2) is 0 Å². The Morgan fingerprint density at radius 3 is 2.47 bits per heavy atom. The van der Waals surface area contributed by atoms with Crippen LogP contribution in [0.3, 0.4) is 0 Å². The molecule has 1 saturated heterocycles. The first kappa shape index (κ1) is 22.4. The first-order chi connectivity index (χ1) is 17.6. The summed E-state index contributed by atoms with van der Waals surface area (Å²) in [6.07, 6.45) is 4.00. The third-order valence-corrected chi connectivity index (χ3v) is 6.91. The summed E-state index contributed by atoms with van der Waals surface area (Å²) in [7, 11) is 2.18. The van der Waals surface area contributed by atoms with Crippen molar-refractivity contribution in [2.45, 2.75) is 25.8 Å². The van der Waals surface area contributed by atoms with Crippen LogP contribution in [-0.2, 0) is 0 Å². The second-order valence-electron chi connectivity index (χ2n) is 9.61. The van der Waals surface area contributed by atoms with Crippen LogP contribution in [0.4, 0.5) is 11.4 Å². The molecule has 0 bridgehead atoms. The Morgan fingerprint density at radius 2 is 1.69 bits per heavy atom. The van der Waals surface area contributed by atoms with Crippen LogP contribution >= 0.6 is 0 Å². The van der Waals surface area contributed by atoms with E-state index in [4.69, 9.17) is 9.98 Å². The SMILES string of the molecule is Cc1ccc(Nc2cc3nc4ccccc4n(-c4ccccc4)c-3c/c2=N\C2CCN(C)CC2)cn1. The predicted molar refractivity (Wildman–Crippen MR) is 146 cm³/mol. The lowest BCUT2D eigenvalue weighted by Crippen LogP contribution is -2.33. The van der Waals surface area contributed by atoms with Gasteiger partial charge in [0.25, 0.3) is 0 Å². The van der Waals surface area contributed by atoms with Crippen molar-refractivity contribution in [2.75, 3.05) is 25.5 Å². The highest BCUT2D eigenvalue weighted by atomic mass is 15.1. The third kappa shape index (κ3) is 4.48. The maximum atomic E-state index is 5.28. The highest BCUT2D eigenvalue weighted by Crippen LogP contribution is 2.30. The molecule has 1 aliphatic carbocycles. The molecular weight excluding hydrogens is 444 g/mol. The molecule has 2 aliphatic heterocycles. The fraction of sp³-hybridized carbons (Fsp3) is 0.233. The van der Waals surface area contributed by atoms with Crippen molar-refractivity contribution in [1.82, 2.24) is 19.4 Å². The molecule has 0 saturated carbocycles. The number of benzene rings is 3. The lowest BCUT2D eigenvalue weighted by Gasteiger charge is -2.26. The van der Waals surface area contributed by atoms with E-state index in [-0.39, 0.29) is 0 Å². The van der Waals surface area contributed by atoms with Gasteiger partial charge in [-0.25, -0.2) is 4.98 Å². The van der Waals surface area contributed by atoms with Gasteiger partial charge in [-0.3, -0.25) is 9.98 Å². The molecule has 6 heteroatoms. The van der Waals surface area contributed by atoms with Crippen molar-refractivity contribution in [3.05, 3.63) is 96.1 Å². The molecule has 0 radical (unpaired) electrons. The molecule has 1 N–H and O–H groups in total. The summed E-state index contributed by atoms with van der Waals surface area (Å²) < 4.78 is 2.29. The molecule has 3 aliphatic rings. The maximum Gasteiger partial charge on any atom is 0.0900 e. The number of fused-ring (bicyclic) bond motifs is 2. The molecule has 6 nitrogen and oxygen atoms in total. The Labute approximate surface area is 211 Å². The Morgan fingerprint density at radius 1 is 0.917 bits per heavy atom. The minimum atomic E-state index is 0.300. The summed E-state index contributed by atoms with van der Waals surface area (Å²) in [5, 5.41) is 4.54. The van der Waals surface area contributed by atoms with Crippen LogP contribution < -0.4 is 10.7 Å². The Hall–Kier alpha value is -4.03. The topological polar surface area (TPSA) is 58.3 Å². The molecule has 36 heavy (non-hydrogen) atoms. The van der Waals surface area contributed by atoms with Gasteiger partial charge in [-0.2, -0.15) is 0 Å². The molecule has 1 aromatic heterocycles. The predicted octanol–water partition coefficient (Wildman–Crippen LogP) is 5.57. The third-order valence-electron chi connectivity index (χ3n) is 6.91. The van der Waals surface area contributed by atoms with Crippen LogP contribution in [0.2, 0.25) is 0 Å². The largest absolute Gasteiger partial charge is 0.352 e. The van der Waals surface area contributed by atoms with Crippen LogP contribution in [0.5, 0.6) is 0 Å². The van der Waals surface area contributed by atoms with Crippen LogP contribution in [0.15, 0.2) is 90.1 Å². The smallest absolute Gasteiger partial charge is 0.0900 e. The number of likely N-dealkylation sites (tertiary alicyclic amines) is 1. The maximum absolute atomic E-state index is 5.28. The second-order valence-corrected chi connectivity index (χ2v) is 9.61. The number of rotatable bonds is 4. The molecular formula is C30H30N6. The zero-order valence-electron chi connectivity index (χ0n) is 20.7. The molecule has 0 spiro atoms. The summed E-state index contributed by atoms with van der Waals surface area (Å²) in [6, 6.07) is 27.5. The highest BCUT2D eigenvalue weighted by molar-refractivity contribution is 5.84. The molecule has 0 atom stereocenters. The molecule has 180 valence electrons. The van der Waals surface area contributed by atoms with E-state index in [0.29, 0.717) is 6.04 Å². The van der Waals surface area contributed by atoms with E-state index in [2.05, 4.69) is 87.5 Å². The second kappa shape index (κ2) is 9.55. The van der Waals surface area contributed by atoms with Crippen molar-refractivity contribution in [3.63, 3.8) is 0 Å². The number of hydrogen-bond donors (Lipinski definition) is 1. The number of nitrogens with one attached hydrogen (secondary N) is 1. The molecule has 3 aromatic rings. The number of nitrogens with zero attached hydrogens (tertiary/aromatic N) is 5. The van der Waals surface area contributed by atoms with Gasteiger partial charge in [0, 0.05) is 11.4 Å². The van der Waals surface area contributed by atoms with Gasteiger partial charge < -0.3 is 14.8 Å². The number of aryl methyl sites for hydroxylation is 1. The first-order valence-corrected chi connectivity index (χ1v) is 12.6. The van der Waals surface area contributed by atoms with E-state index in [1.54, 1.807) is 0 Å². The summed E-state index contributed by atoms with van der Waals surface area (Å²) >= 11 is 0. The lowest BCUT2D eigenvalue weighted by molar-refractivity contribution is 0.255. The number of aromatic nitrogens is 3. The number of piperidine rings is 1. The van der Waals surface area contributed by atoms with Gasteiger partial charge in [0.05, 0.1) is 51.4 Å². The monoisotopic (exact) mass is 474 g/mol. The highest BCUT2D eigenvalue weighted by Gasteiger charge is 2.19. The standard InChI is InChI=1S/C30H30N6/c1-21-12-13-23(20-31-21)33-26-18-28-30(19-27(26)32-22-14-16-35(2)17-15-22)36(24-8-4-3-5-9-24)29-11-7-6-10-25(29)34-28/h3-13,18-20,22,33H,14-17H2,1-2H3/b32-27+. The fourth-order valence-electron chi connectivity index (χ4n) is 4.92. The average Bonchev–Trinajstić information content (AvgIpc) is 2.91. The first-order valence-electron chi connectivity index (χ1n) is 12.6. The van der Waals surface area contributed by atoms with Crippen molar-refractivity contribution >= 4 is 22.4 Å². The zero-order valence-corrected chi connectivity index (χ0v) is 20.7. The molecule has 0 amide bonds. The van der Waals surface area contributed by atoms with Crippen molar-refractivity contribution in [1.29, 1.82) is 0 Å². The van der Waals surface area contributed by atoms with Crippen molar-refractivity contribution < 1.29 is 0 Å². The van der Waals surface area contributed by atoms with Gasteiger partial charge in [-0.05, 0) is 88.4 Å². The molecule has 1 fully saturated rings. The number of hydrogen-bond acceptors (Lipinski definition) is 5.